The highest BCUT2D eigenvalue weighted by atomic mass is 35.5. The van der Waals surface area contributed by atoms with Crippen LogP contribution in [0.1, 0.15) is 5.56 Å². The molecule has 3 aromatic rings. The summed E-state index contributed by atoms with van der Waals surface area (Å²) in [6.45, 7) is -6.32. The number of benzene rings is 2. The van der Waals surface area contributed by atoms with Crippen LogP contribution in [0.2, 0.25) is 10.0 Å². The second-order valence-corrected chi connectivity index (χ2v) is 6.72. The van der Waals surface area contributed by atoms with Crippen molar-refractivity contribution in [3.63, 3.8) is 0 Å². The third-order valence-electron chi connectivity index (χ3n) is 3.56. The van der Waals surface area contributed by atoms with Crippen LogP contribution in [0.15, 0.2) is 41.5 Å². The number of nitrogens with one attached hydrogen (secondary N) is 1. The predicted octanol–water partition coefficient (Wildman–Crippen LogP) is 6.00. The molecular formula is C17H10Cl2F4N4O2S. The summed E-state index contributed by atoms with van der Waals surface area (Å²) in [5, 5.41) is 11.4. The van der Waals surface area contributed by atoms with Crippen molar-refractivity contribution in [2.75, 3.05) is 0 Å². The fraction of sp³-hybridized carbons (Fsp3) is 0.118. The Morgan fingerprint density at radius 1 is 1.07 bits per heavy atom. The maximum absolute atomic E-state index is 12.7. The van der Waals surface area contributed by atoms with Crippen molar-refractivity contribution in [1.82, 2.24) is 14.9 Å². The predicted molar refractivity (Wildman–Crippen MR) is 106 cm³/mol. The van der Waals surface area contributed by atoms with Crippen molar-refractivity contribution >= 4 is 41.6 Å². The standard InChI is InChI=1S/C17H10Cl2F4N4O2S/c18-9-2-4-11(12(19)5-9)14-25-26-17(30)27(14)24-7-8-1-3-10(28-15(20)21)6-13(8)29-16(22)23/h1-7,15-16H,(H,26,30)/b24-7+. The molecule has 0 unspecified atom stereocenters. The Morgan fingerprint density at radius 3 is 2.47 bits per heavy atom. The Bertz CT molecular complexity index is 1140. The molecule has 0 saturated heterocycles. The van der Waals surface area contributed by atoms with E-state index in [0.29, 0.717) is 10.6 Å². The Hall–Kier alpha value is -2.63. The van der Waals surface area contributed by atoms with E-state index in [-0.39, 0.29) is 26.9 Å². The summed E-state index contributed by atoms with van der Waals surface area (Å²) in [5.41, 5.74) is 0.503. The summed E-state index contributed by atoms with van der Waals surface area (Å²) in [4.78, 5) is 0. The third-order valence-corrected chi connectivity index (χ3v) is 4.37. The quantitative estimate of drug-likeness (QED) is 0.256. The molecule has 3 rings (SSSR count). The van der Waals surface area contributed by atoms with Crippen LogP contribution in [0.3, 0.4) is 0 Å². The highest BCUT2D eigenvalue weighted by Gasteiger charge is 2.15. The fourth-order valence-corrected chi connectivity index (χ4v) is 3.03. The molecule has 0 spiro atoms. The molecule has 158 valence electrons. The van der Waals surface area contributed by atoms with Gasteiger partial charge in [0.2, 0.25) is 4.77 Å². The Kier molecular flexibility index (Phi) is 6.95. The van der Waals surface area contributed by atoms with Crippen LogP contribution >= 0.6 is 35.4 Å². The van der Waals surface area contributed by atoms with Gasteiger partial charge in [-0.2, -0.15) is 32.4 Å². The van der Waals surface area contributed by atoms with Crippen LogP contribution in [0, 0.1) is 4.77 Å². The van der Waals surface area contributed by atoms with E-state index in [9.17, 15) is 17.6 Å². The van der Waals surface area contributed by atoms with Crippen molar-refractivity contribution in [3.05, 3.63) is 56.8 Å². The lowest BCUT2D eigenvalue weighted by Gasteiger charge is -2.11. The number of aromatic amines is 1. The Balaban J connectivity index is 2.00. The molecule has 13 heteroatoms. The second-order valence-electron chi connectivity index (χ2n) is 5.49. The molecule has 0 aliphatic heterocycles. The largest absolute Gasteiger partial charge is 0.435 e. The van der Waals surface area contributed by atoms with Gasteiger partial charge in [-0.3, -0.25) is 0 Å². The smallest absolute Gasteiger partial charge is 0.387 e. The monoisotopic (exact) mass is 480 g/mol. The normalized spacial score (nSPS) is 11.6. The minimum absolute atomic E-state index is 0.0492. The highest BCUT2D eigenvalue weighted by molar-refractivity contribution is 7.71. The summed E-state index contributed by atoms with van der Waals surface area (Å²) in [5.74, 6) is -0.550. The zero-order valence-electron chi connectivity index (χ0n) is 14.5. The number of hydrogen-bond acceptors (Lipinski definition) is 5. The van der Waals surface area contributed by atoms with Crippen LogP contribution in [-0.4, -0.2) is 34.3 Å². The first-order chi connectivity index (χ1) is 14.2. The number of rotatable bonds is 7. The first-order valence-corrected chi connectivity index (χ1v) is 9.12. The lowest BCUT2D eigenvalue weighted by molar-refractivity contribution is -0.0543. The van der Waals surface area contributed by atoms with Crippen molar-refractivity contribution in [2.24, 2.45) is 5.10 Å². The minimum Gasteiger partial charge on any atom is -0.435 e. The van der Waals surface area contributed by atoms with Gasteiger partial charge in [0.15, 0.2) is 5.82 Å². The number of aromatic nitrogens is 3. The third kappa shape index (κ3) is 5.29. The molecule has 0 bridgehead atoms. The van der Waals surface area contributed by atoms with Gasteiger partial charge in [0, 0.05) is 22.2 Å². The number of nitrogens with zero attached hydrogens (tertiary/aromatic N) is 3. The lowest BCUT2D eigenvalue weighted by atomic mass is 10.2. The van der Waals surface area contributed by atoms with Crippen LogP contribution in [0.4, 0.5) is 17.6 Å². The molecule has 0 atom stereocenters. The number of hydrogen-bond donors (Lipinski definition) is 1. The average molecular weight is 481 g/mol. The van der Waals surface area contributed by atoms with E-state index in [1.807, 2.05) is 0 Å². The maximum atomic E-state index is 12.7. The van der Waals surface area contributed by atoms with Gasteiger partial charge in [0.1, 0.15) is 11.5 Å². The van der Waals surface area contributed by atoms with E-state index >= 15 is 0 Å². The topological polar surface area (TPSA) is 64.4 Å². The van der Waals surface area contributed by atoms with Gasteiger partial charge in [-0.05, 0) is 42.5 Å². The molecule has 0 fully saturated rings. The molecule has 1 heterocycles. The van der Waals surface area contributed by atoms with E-state index in [1.165, 1.54) is 16.8 Å². The maximum Gasteiger partial charge on any atom is 0.387 e. The minimum atomic E-state index is -3.20. The van der Waals surface area contributed by atoms with Gasteiger partial charge in [-0.1, -0.05) is 23.2 Å². The molecule has 1 aromatic heterocycles. The van der Waals surface area contributed by atoms with Crippen LogP contribution < -0.4 is 9.47 Å². The van der Waals surface area contributed by atoms with Gasteiger partial charge in [-0.25, -0.2) is 5.10 Å². The van der Waals surface area contributed by atoms with Gasteiger partial charge in [0.25, 0.3) is 0 Å². The summed E-state index contributed by atoms with van der Waals surface area (Å²) >= 11 is 17.2. The molecule has 0 aliphatic carbocycles. The number of alkyl halides is 4. The number of ether oxygens (including phenoxy) is 2. The van der Waals surface area contributed by atoms with E-state index in [4.69, 9.17) is 35.4 Å². The summed E-state index contributed by atoms with van der Waals surface area (Å²) in [6, 6.07) is 7.95. The summed E-state index contributed by atoms with van der Waals surface area (Å²) in [6.07, 6.45) is 1.14. The number of halogens is 6. The van der Waals surface area contributed by atoms with E-state index in [2.05, 4.69) is 24.8 Å². The zero-order valence-corrected chi connectivity index (χ0v) is 16.9. The molecule has 0 aliphatic rings. The van der Waals surface area contributed by atoms with Crippen molar-refractivity contribution < 1.29 is 27.0 Å². The van der Waals surface area contributed by atoms with E-state index in [1.54, 1.807) is 12.1 Å². The van der Waals surface area contributed by atoms with E-state index in [0.717, 1.165) is 18.3 Å². The van der Waals surface area contributed by atoms with Crippen molar-refractivity contribution in [2.45, 2.75) is 13.2 Å². The van der Waals surface area contributed by atoms with Crippen LogP contribution in [0.25, 0.3) is 11.4 Å². The Morgan fingerprint density at radius 2 is 1.80 bits per heavy atom. The first-order valence-electron chi connectivity index (χ1n) is 7.95. The first kappa shape index (κ1) is 22.1. The molecule has 0 amide bonds. The Labute approximate surface area is 181 Å². The van der Waals surface area contributed by atoms with Crippen molar-refractivity contribution in [1.29, 1.82) is 0 Å². The summed E-state index contributed by atoms with van der Waals surface area (Å²) < 4.78 is 60.0. The average Bonchev–Trinajstić information content (AvgIpc) is 3.00. The van der Waals surface area contributed by atoms with Gasteiger partial charge < -0.3 is 9.47 Å². The molecule has 0 saturated carbocycles. The second kappa shape index (κ2) is 9.45. The fourth-order valence-electron chi connectivity index (χ4n) is 2.36. The molecule has 0 radical (unpaired) electrons. The molecule has 1 N–H and O–H groups in total. The SMILES string of the molecule is FC(F)Oc1ccc(/C=N/n2c(-c3ccc(Cl)cc3Cl)n[nH]c2=S)c(OC(F)F)c1. The lowest BCUT2D eigenvalue weighted by Crippen LogP contribution is -2.07. The molecule has 6 nitrogen and oxygen atoms in total. The van der Waals surface area contributed by atoms with Crippen LogP contribution in [0.5, 0.6) is 11.5 Å². The van der Waals surface area contributed by atoms with Gasteiger partial charge in [-0.15, -0.1) is 0 Å². The highest BCUT2D eigenvalue weighted by Crippen LogP contribution is 2.30. The van der Waals surface area contributed by atoms with E-state index < -0.39 is 19.0 Å². The molecule has 2 aromatic carbocycles. The summed E-state index contributed by atoms with van der Waals surface area (Å²) in [7, 11) is 0. The number of H-pyrrole nitrogens is 1. The molecule has 30 heavy (non-hydrogen) atoms. The van der Waals surface area contributed by atoms with Gasteiger partial charge >= 0.3 is 13.2 Å². The van der Waals surface area contributed by atoms with Gasteiger partial charge in [0.05, 0.1) is 11.2 Å². The zero-order chi connectivity index (χ0) is 21.8. The van der Waals surface area contributed by atoms with Crippen molar-refractivity contribution in [3.8, 4) is 22.9 Å². The molecular weight excluding hydrogens is 471 g/mol. The van der Waals surface area contributed by atoms with Crippen LogP contribution in [-0.2, 0) is 0 Å².